The number of carbonyl (C=O) groups is 3. The Morgan fingerprint density at radius 2 is 1.90 bits per heavy atom. The van der Waals surface area contributed by atoms with Gasteiger partial charge in [0.1, 0.15) is 11.6 Å². The van der Waals surface area contributed by atoms with E-state index >= 15 is 0 Å². The maximum Gasteiger partial charge on any atom is 0.347 e. The minimum absolute atomic E-state index is 0.0753. The van der Waals surface area contributed by atoms with E-state index in [1.807, 2.05) is 6.07 Å². The zero-order chi connectivity index (χ0) is 22.3. The zero-order valence-corrected chi connectivity index (χ0v) is 17.2. The third-order valence-electron chi connectivity index (χ3n) is 4.63. The summed E-state index contributed by atoms with van der Waals surface area (Å²) in [5.41, 5.74) is 0.0525. The number of carbonyl (C=O) groups excluding carboxylic acids is 2. The summed E-state index contributed by atoms with van der Waals surface area (Å²) in [7, 11) is 0. The van der Waals surface area contributed by atoms with Gasteiger partial charge in [-0.15, -0.1) is 0 Å². The fourth-order valence-corrected chi connectivity index (χ4v) is 3.07. The molecule has 0 aromatic carbocycles. The number of aromatic nitrogens is 1. The summed E-state index contributed by atoms with van der Waals surface area (Å²) >= 11 is 0. The minimum Gasteiger partial charge on any atom is -0.481 e. The zero-order valence-electron chi connectivity index (χ0n) is 17.2. The Hall–Kier alpha value is -3.35. The lowest BCUT2D eigenvalue weighted by atomic mass is 9.97. The molecule has 0 bridgehead atoms. The summed E-state index contributed by atoms with van der Waals surface area (Å²) in [6, 6.07) is 3.33. The van der Waals surface area contributed by atoms with Crippen LogP contribution >= 0.6 is 0 Å². The Morgan fingerprint density at radius 1 is 1.27 bits per heavy atom. The van der Waals surface area contributed by atoms with Gasteiger partial charge in [-0.2, -0.15) is 10.2 Å². The average Bonchev–Trinajstić information content (AvgIpc) is 2.73. The van der Waals surface area contributed by atoms with Gasteiger partial charge in [-0.1, -0.05) is 0 Å². The van der Waals surface area contributed by atoms with Crippen molar-refractivity contribution in [3.63, 3.8) is 0 Å². The van der Waals surface area contributed by atoms with E-state index < -0.39 is 29.9 Å². The third-order valence-corrected chi connectivity index (χ3v) is 4.63. The third kappa shape index (κ3) is 5.37. The summed E-state index contributed by atoms with van der Waals surface area (Å²) in [5, 5.41) is 18.8. The Labute approximate surface area is 174 Å². The molecule has 0 amide bonds. The number of piperidine rings is 1. The van der Waals surface area contributed by atoms with Crippen LogP contribution in [0.25, 0.3) is 0 Å². The van der Waals surface area contributed by atoms with Gasteiger partial charge in [0.15, 0.2) is 11.9 Å². The summed E-state index contributed by atoms with van der Waals surface area (Å²) in [5.74, 6) is -2.55. The maximum atomic E-state index is 12.4. The lowest BCUT2D eigenvalue weighted by Crippen LogP contribution is -2.37. The Bertz CT molecular complexity index is 842. The van der Waals surface area contributed by atoms with Crippen LogP contribution < -0.4 is 9.64 Å². The molecular weight excluding hydrogens is 394 g/mol. The molecule has 1 aliphatic heterocycles. The van der Waals surface area contributed by atoms with Crippen molar-refractivity contribution in [3.05, 3.63) is 17.2 Å². The van der Waals surface area contributed by atoms with Gasteiger partial charge in [-0.25, -0.2) is 9.59 Å². The first-order valence-corrected chi connectivity index (χ1v) is 9.75. The molecule has 1 fully saturated rings. The van der Waals surface area contributed by atoms with Gasteiger partial charge >= 0.3 is 17.9 Å². The van der Waals surface area contributed by atoms with E-state index in [9.17, 15) is 24.8 Å². The summed E-state index contributed by atoms with van der Waals surface area (Å²) in [4.78, 5) is 41.6. The lowest BCUT2D eigenvalue weighted by Gasteiger charge is -2.32. The number of pyridine rings is 1. The van der Waals surface area contributed by atoms with Crippen molar-refractivity contribution in [1.82, 2.24) is 4.98 Å². The molecular formula is C20H25N3O7. The normalized spacial score (nSPS) is 15.1. The molecule has 10 nitrogen and oxygen atoms in total. The largest absolute Gasteiger partial charge is 0.481 e. The molecule has 0 spiro atoms. The Morgan fingerprint density at radius 3 is 2.43 bits per heavy atom. The van der Waals surface area contributed by atoms with E-state index in [4.69, 9.17) is 14.2 Å². The SMILES string of the molecule is CCOC(=O)c1cc(C#N)c(N2CCC(C(=O)O)CC2)nc1O[C@@H](C)C(=O)OCC. The second-order valence-electron chi connectivity index (χ2n) is 6.66. The van der Waals surface area contributed by atoms with Crippen LogP contribution in [0, 0.1) is 17.2 Å². The number of carboxylic acids is 1. The number of hydrogen-bond donors (Lipinski definition) is 1. The molecule has 2 rings (SSSR count). The molecule has 30 heavy (non-hydrogen) atoms. The fourth-order valence-electron chi connectivity index (χ4n) is 3.07. The second-order valence-corrected chi connectivity index (χ2v) is 6.66. The first-order chi connectivity index (χ1) is 14.3. The Kier molecular flexibility index (Phi) is 7.98. The first-order valence-electron chi connectivity index (χ1n) is 9.75. The molecule has 0 radical (unpaired) electrons. The highest BCUT2D eigenvalue weighted by atomic mass is 16.6. The monoisotopic (exact) mass is 419 g/mol. The van der Waals surface area contributed by atoms with Gasteiger partial charge in [-0.3, -0.25) is 4.79 Å². The van der Waals surface area contributed by atoms with Crippen molar-refractivity contribution in [2.45, 2.75) is 39.7 Å². The van der Waals surface area contributed by atoms with Crippen LogP contribution in [-0.2, 0) is 19.1 Å². The number of aliphatic carboxylic acids is 1. The van der Waals surface area contributed by atoms with Crippen LogP contribution in [0.5, 0.6) is 5.88 Å². The van der Waals surface area contributed by atoms with E-state index in [-0.39, 0.29) is 36.0 Å². The van der Waals surface area contributed by atoms with Crippen molar-refractivity contribution < 1.29 is 33.7 Å². The molecule has 1 atom stereocenters. The predicted molar refractivity (Wildman–Crippen MR) is 104 cm³/mol. The lowest BCUT2D eigenvalue weighted by molar-refractivity contribution is -0.150. The maximum absolute atomic E-state index is 12.4. The molecule has 1 aromatic rings. The highest BCUT2D eigenvalue weighted by Crippen LogP contribution is 2.30. The molecule has 2 heterocycles. The highest BCUT2D eigenvalue weighted by molar-refractivity contribution is 5.93. The molecule has 10 heteroatoms. The predicted octanol–water partition coefficient (Wildman–Crippen LogP) is 1.76. The fraction of sp³-hybridized carbons (Fsp3) is 0.550. The average molecular weight is 419 g/mol. The van der Waals surface area contributed by atoms with Crippen LogP contribution in [0.4, 0.5) is 5.82 Å². The molecule has 0 unspecified atom stereocenters. The van der Waals surface area contributed by atoms with Crippen LogP contribution in [0.1, 0.15) is 49.5 Å². The number of rotatable bonds is 8. The van der Waals surface area contributed by atoms with Gasteiger partial charge < -0.3 is 24.2 Å². The molecule has 1 aliphatic rings. The minimum atomic E-state index is -1.04. The van der Waals surface area contributed by atoms with Gasteiger partial charge in [0.25, 0.3) is 0 Å². The van der Waals surface area contributed by atoms with E-state index in [0.717, 1.165) is 0 Å². The number of hydrogen-bond acceptors (Lipinski definition) is 9. The van der Waals surface area contributed by atoms with Crippen molar-refractivity contribution >= 4 is 23.7 Å². The van der Waals surface area contributed by atoms with Crippen molar-refractivity contribution in [2.75, 3.05) is 31.2 Å². The standard InChI is InChI=1S/C20H25N3O7/c1-4-28-19(26)12(3)30-17-15(20(27)29-5-2)10-14(11-21)16(22-17)23-8-6-13(7-9-23)18(24)25/h10,12-13H,4-9H2,1-3H3,(H,24,25)/t12-/m0/s1. The van der Waals surface area contributed by atoms with Crippen molar-refractivity contribution in [3.8, 4) is 11.9 Å². The van der Waals surface area contributed by atoms with Crippen molar-refractivity contribution in [1.29, 1.82) is 5.26 Å². The van der Waals surface area contributed by atoms with Gasteiger partial charge in [0.2, 0.25) is 5.88 Å². The quantitative estimate of drug-likeness (QED) is 0.620. The summed E-state index contributed by atoms with van der Waals surface area (Å²) < 4.78 is 15.5. The van der Waals surface area contributed by atoms with E-state index in [1.165, 1.54) is 13.0 Å². The first kappa shape index (κ1) is 22.9. The number of esters is 2. The number of nitriles is 1. The van der Waals surface area contributed by atoms with E-state index in [1.54, 1.807) is 18.7 Å². The highest BCUT2D eigenvalue weighted by Gasteiger charge is 2.29. The topological polar surface area (TPSA) is 139 Å². The molecule has 0 aliphatic carbocycles. The molecule has 1 N–H and O–H groups in total. The summed E-state index contributed by atoms with van der Waals surface area (Å²) in [6.45, 7) is 5.80. The van der Waals surface area contributed by atoms with Crippen LogP contribution in [0.3, 0.4) is 0 Å². The number of nitrogens with zero attached hydrogens (tertiary/aromatic N) is 3. The van der Waals surface area contributed by atoms with Crippen LogP contribution in [-0.4, -0.2) is 60.4 Å². The van der Waals surface area contributed by atoms with Gasteiger partial charge in [0, 0.05) is 13.1 Å². The van der Waals surface area contributed by atoms with Crippen molar-refractivity contribution in [2.24, 2.45) is 5.92 Å². The van der Waals surface area contributed by atoms with Gasteiger partial charge in [-0.05, 0) is 39.7 Å². The number of anilines is 1. The van der Waals surface area contributed by atoms with E-state index in [0.29, 0.717) is 25.9 Å². The Balaban J connectivity index is 2.40. The van der Waals surface area contributed by atoms with Crippen LogP contribution in [0.2, 0.25) is 0 Å². The molecule has 1 aromatic heterocycles. The van der Waals surface area contributed by atoms with E-state index in [2.05, 4.69) is 4.98 Å². The number of ether oxygens (including phenoxy) is 3. The van der Waals surface area contributed by atoms with Crippen LogP contribution in [0.15, 0.2) is 6.07 Å². The summed E-state index contributed by atoms with van der Waals surface area (Å²) in [6.07, 6.45) is -0.238. The molecule has 162 valence electrons. The number of carboxylic acid groups (broad SMARTS) is 1. The van der Waals surface area contributed by atoms with Gasteiger partial charge in [0.05, 0.1) is 24.7 Å². The smallest absolute Gasteiger partial charge is 0.347 e. The molecule has 1 saturated heterocycles. The molecule has 0 saturated carbocycles. The second kappa shape index (κ2) is 10.4.